The summed E-state index contributed by atoms with van der Waals surface area (Å²) in [4.78, 5) is 27.6. The van der Waals surface area contributed by atoms with Crippen LogP contribution in [0.5, 0.6) is 0 Å². The van der Waals surface area contributed by atoms with Crippen molar-refractivity contribution in [2.45, 2.75) is 37.8 Å². The molecule has 33 heavy (non-hydrogen) atoms. The monoisotopic (exact) mass is 438 g/mol. The lowest BCUT2D eigenvalue weighted by atomic mass is 9.91. The van der Waals surface area contributed by atoms with E-state index in [9.17, 15) is 4.79 Å². The van der Waals surface area contributed by atoms with Gasteiger partial charge in [-0.2, -0.15) is 0 Å². The van der Waals surface area contributed by atoms with E-state index in [2.05, 4.69) is 27.4 Å². The first-order valence-corrected chi connectivity index (χ1v) is 11.5. The van der Waals surface area contributed by atoms with Crippen molar-refractivity contribution in [1.82, 2.24) is 29.4 Å². The van der Waals surface area contributed by atoms with E-state index in [-0.39, 0.29) is 11.7 Å². The van der Waals surface area contributed by atoms with Gasteiger partial charge in [-0.05, 0) is 57.0 Å². The van der Waals surface area contributed by atoms with Crippen molar-refractivity contribution in [2.24, 2.45) is 7.05 Å². The van der Waals surface area contributed by atoms with Crippen LogP contribution in [0.3, 0.4) is 0 Å². The Bertz CT molecular complexity index is 1560. The Morgan fingerprint density at radius 3 is 2.58 bits per heavy atom. The maximum Gasteiger partial charge on any atom is 0.329 e. The van der Waals surface area contributed by atoms with Crippen LogP contribution in [0.15, 0.2) is 59.7 Å². The number of hydrogen-bond donors (Lipinski definition) is 1. The maximum absolute atomic E-state index is 13.3. The summed E-state index contributed by atoms with van der Waals surface area (Å²) in [6.45, 7) is 0. The number of para-hydroxylation sites is 1. The normalized spacial score (nSPS) is 19.0. The van der Waals surface area contributed by atoms with Gasteiger partial charge in [0.2, 0.25) is 0 Å². The highest BCUT2D eigenvalue weighted by atomic mass is 16.1. The third-order valence-corrected chi connectivity index (χ3v) is 7.12. The lowest BCUT2D eigenvalue weighted by Gasteiger charge is -2.29. The molecule has 0 spiro atoms. The largest absolute Gasteiger partial charge is 0.329 e. The zero-order valence-corrected chi connectivity index (χ0v) is 18.8. The summed E-state index contributed by atoms with van der Waals surface area (Å²) in [5.41, 5.74) is 6.02. The summed E-state index contributed by atoms with van der Waals surface area (Å²) in [6, 6.07) is 14.9. The number of pyridine rings is 3. The number of hydrogen-bond acceptors (Lipinski definition) is 5. The second kappa shape index (κ2) is 7.78. The van der Waals surface area contributed by atoms with Gasteiger partial charge in [-0.15, -0.1) is 0 Å². The molecule has 4 heterocycles. The summed E-state index contributed by atoms with van der Waals surface area (Å²) >= 11 is 0. The molecule has 1 aliphatic carbocycles. The molecule has 0 bridgehead atoms. The highest BCUT2D eigenvalue weighted by Crippen LogP contribution is 2.33. The molecular formula is C26H26N6O. The Morgan fingerprint density at radius 1 is 0.970 bits per heavy atom. The fourth-order valence-electron chi connectivity index (χ4n) is 5.22. The number of rotatable bonds is 3. The van der Waals surface area contributed by atoms with Crippen LogP contribution in [0.1, 0.15) is 31.7 Å². The van der Waals surface area contributed by atoms with E-state index in [4.69, 9.17) is 4.98 Å². The van der Waals surface area contributed by atoms with Crippen LogP contribution >= 0.6 is 0 Å². The van der Waals surface area contributed by atoms with Gasteiger partial charge in [0.25, 0.3) is 0 Å². The third-order valence-electron chi connectivity index (χ3n) is 7.12. The van der Waals surface area contributed by atoms with Crippen molar-refractivity contribution in [3.05, 3.63) is 65.3 Å². The van der Waals surface area contributed by atoms with Crippen molar-refractivity contribution in [2.75, 3.05) is 7.05 Å². The predicted molar refractivity (Wildman–Crippen MR) is 131 cm³/mol. The molecule has 6 rings (SSSR count). The standard InChI is InChI=1S/C26H26N6O/c1-27-18-7-9-19(10-8-18)32-25-23(31(2)26(32)33)15-29-22-12-11-21(30-24(22)25)17-13-16-5-3-4-6-20(16)28-14-17/h3-6,11-15,18-19,27H,7-10H2,1-2H3/t18-,19-. The van der Waals surface area contributed by atoms with E-state index in [0.29, 0.717) is 6.04 Å². The van der Waals surface area contributed by atoms with Gasteiger partial charge in [0.15, 0.2) is 0 Å². The van der Waals surface area contributed by atoms with Gasteiger partial charge in [-0.25, -0.2) is 9.78 Å². The molecule has 7 nitrogen and oxygen atoms in total. The van der Waals surface area contributed by atoms with Crippen molar-refractivity contribution < 1.29 is 0 Å². The third kappa shape index (κ3) is 3.23. The van der Waals surface area contributed by atoms with Crippen LogP contribution < -0.4 is 11.0 Å². The van der Waals surface area contributed by atoms with Gasteiger partial charge in [-0.1, -0.05) is 18.2 Å². The first-order chi connectivity index (χ1) is 16.1. The number of imidazole rings is 1. The number of aryl methyl sites for hydroxylation is 1. The van der Waals surface area contributed by atoms with Gasteiger partial charge >= 0.3 is 5.69 Å². The molecule has 1 N–H and O–H groups in total. The Morgan fingerprint density at radius 2 is 1.76 bits per heavy atom. The molecule has 0 unspecified atom stereocenters. The molecule has 1 aromatic carbocycles. The van der Waals surface area contributed by atoms with Gasteiger partial charge in [0, 0.05) is 36.3 Å². The molecule has 1 saturated carbocycles. The summed E-state index contributed by atoms with van der Waals surface area (Å²) in [5, 5.41) is 4.46. The zero-order valence-electron chi connectivity index (χ0n) is 18.8. The maximum atomic E-state index is 13.3. The number of aromatic nitrogens is 5. The first kappa shape index (κ1) is 20.1. The molecule has 0 atom stereocenters. The SMILES string of the molecule is CN[C@H]1CC[C@H](n2c(=O)n(C)c3cnc4ccc(-c5cnc6ccccc6c5)nc4c32)CC1. The summed E-state index contributed by atoms with van der Waals surface area (Å²) in [5.74, 6) is 0. The fraction of sp³-hybridized carbons (Fsp3) is 0.308. The molecule has 4 aromatic heterocycles. The molecular weight excluding hydrogens is 412 g/mol. The smallest absolute Gasteiger partial charge is 0.317 e. The molecule has 5 aromatic rings. The molecule has 1 aliphatic rings. The Balaban J connectivity index is 1.55. The molecule has 0 aliphatic heterocycles. The second-order valence-electron chi connectivity index (χ2n) is 8.98. The lowest BCUT2D eigenvalue weighted by molar-refractivity contribution is 0.300. The highest BCUT2D eigenvalue weighted by Gasteiger charge is 2.26. The van der Waals surface area contributed by atoms with Gasteiger partial charge in [0.05, 0.1) is 34.0 Å². The molecule has 0 amide bonds. The van der Waals surface area contributed by atoms with E-state index < -0.39 is 0 Å². The molecule has 0 radical (unpaired) electrons. The van der Waals surface area contributed by atoms with Crippen molar-refractivity contribution in [3.8, 4) is 11.3 Å². The van der Waals surface area contributed by atoms with Crippen LogP contribution in [0, 0.1) is 0 Å². The number of fused-ring (bicyclic) bond motifs is 4. The minimum atomic E-state index is 0.00628. The Kier molecular flexibility index (Phi) is 4.73. The average molecular weight is 439 g/mol. The highest BCUT2D eigenvalue weighted by molar-refractivity contribution is 6.00. The van der Waals surface area contributed by atoms with Gasteiger partial charge in [0.1, 0.15) is 5.52 Å². The zero-order chi connectivity index (χ0) is 22.5. The topological polar surface area (TPSA) is 77.6 Å². The number of nitrogens with zero attached hydrogens (tertiary/aromatic N) is 5. The molecule has 166 valence electrons. The number of nitrogens with one attached hydrogen (secondary N) is 1. The number of benzene rings is 1. The minimum Gasteiger partial charge on any atom is -0.317 e. The summed E-state index contributed by atoms with van der Waals surface area (Å²) in [6.07, 6.45) is 7.74. The van der Waals surface area contributed by atoms with E-state index >= 15 is 0 Å². The quantitative estimate of drug-likeness (QED) is 0.457. The van der Waals surface area contributed by atoms with Crippen molar-refractivity contribution >= 4 is 33.0 Å². The Labute approximate surface area is 191 Å². The Hall–Kier alpha value is -3.58. The van der Waals surface area contributed by atoms with Crippen LogP contribution in [0.4, 0.5) is 0 Å². The average Bonchev–Trinajstić information content (AvgIpc) is 3.13. The van der Waals surface area contributed by atoms with Crippen molar-refractivity contribution in [3.63, 3.8) is 0 Å². The fourth-order valence-corrected chi connectivity index (χ4v) is 5.22. The summed E-state index contributed by atoms with van der Waals surface area (Å²) < 4.78 is 3.68. The molecule has 0 saturated heterocycles. The van der Waals surface area contributed by atoms with Crippen LogP contribution in [-0.2, 0) is 7.05 Å². The van der Waals surface area contributed by atoms with Crippen LogP contribution in [0.2, 0.25) is 0 Å². The van der Waals surface area contributed by atoms with E-state index in [1.54, 1.807) is 10.8 Å². The minimum absolute atomic E-state index is 0.00628. The lowest BCUT2D eigenvalue weighted by Crippen LogP contribution is -2.34. The predicted octanol–water partition coefficient (Wildman–Crippen LogP) is 4.20. The molecule has 1 fully saturated rings. The summed E-state index contributed by atoms with van der Waals surface area (Å²) in [7, 11) is 3.84. The second-order valence-corrected chi connectivity index (χ2v) is 8.98. The first-order valence-electron chi connectivity index (χ1n) is 11.5. The van der Waals surface area contributed by atoms with E-state index in [1.807, 2.05) is 55.2 Å². The van der Waals surface area contributed by atoms with Gasteiger partial charge in [-0.3, -0.25) is 19.1 Å². The van der Waals surface area contributed by atoms with Crippen molar-refractivity contribution in [1.29, 1.82) is 0 Å². The van der Waals surface area contributed by atoms with E-state index in [0.717, 1.165) is 69.9 Å². The molecule has 7 heteroatoms. The van der Waals surface area contributed by atoms with Crippen LogP contribution in [0.25, 0.3) is 44.2 Å². The van der Waals surface area contributed by atoms with Gasteiger partial charge < -0.3 is 5.32 Å². The van der Waals surface area contributed by atoms with Crippen LogP contribution in [-0.4, -0.2) is 37.2 Å². The van der Waals surface area contributed by atoms with E-state index in [1.165, 1.54) is 0 Å².